The molecule has 0 atom stereocenters. The zero-order chi connectivity index (χ0) is 11.1. The molecule has 5 heteroatoms. The van der Waals surface area contributed by atoms with Crippen LogP contribution in [0.3, 0.4) is 0 Å². The van der Waals surface area contributed by atoms with Crippen molar-refractivity contribution in [2.45, 2.75) is 0 Å². The average molecular weight is 208 g/mol. The van der Waals surface area contributed by atoms with E-state index in [9.17, 15) is 17.6 Å². The van der Waals surface area contributed by atoms with Gasteiger partial charge in [-0.05, 0) is 0 Å². The number of hydrogen-bond donors (Lipinski definition) is 0. The van der Waals surface area contributed by atoms with E-state index in [4.69, 9.17) is 0 Å². The molecule has 0 spiro atoms. The Morgan fingerprint density at radius 3 is 1.79 bits per heavy atom. The monoisotopic (exact) mass is 208 g/mol. The summed E-state index contributed by atoms with van der Waals surface area (Å²) in [5, 5.41) is 0. The van der Waals surface area contributed by atoms with E-state index in [2.05, 4.69) is 0 Å². The molecule has 0 N–H and O–H groups in total. The standard InChI is InChI=1S/C9H10F4N/c1-14(2,3)6-4-5(10)7(11)9(13)8(6)12/h4H,1-3H3/q+1. The lowest BCUT2D eigenvalue weighted by Crippen LogP contribution is -2.36. The molecule has 0 bridgehead atoms. The molecule has 1 rings (SSSR count). The quantitative estimate of drug-likeness (QED) is 0.288. The third-order valence-corrected chi connectivity index (χ3v) is 1.81. The fraction of sp³-hybridized carbons (Fsp3) is 0.333. The van der Waals surface area contributed by atoms with Crippen molar-refractivity contribution < 1.29 is 17.6 Å². The first-order chi connectivity index (χ1) is 6.25. The van der Waals surface area contributed by atoms with Crippen molar-refractivity contribution in [1.82, 2.24) is 4.48 Å². The smallest absolute Gasteiger partial charge is 0.222 e. The summed E-state index contributed by atoms with van der Waals surface area (Å²) in [6.45, 7) is 0. The molecule has 0 unspecified atom stereocenters. The lowest BCUT2D eigenvalue weighted by atomic mass is 10.2. The first-order valence-electron chi connectivity index (χ1n) is 3.90. The van der Waals surface area contributed by atoms with E-state index in [1.807, 2.05) is 0 Å². The summed E-state index contributed by atoms with van der Waals surface area (Å²) in [5.41, 5.74) is -0.235. The van der Waals surface area contributed by atoms with Crippen molar-refractivity contribution >= 4 is 5.69 Å². The second-order valence-electron chi connectivity index (χ2n) is 3.83. The Bertz CT molecular complexity index is 368. The Morgan fingerprint density at radius 1 is 0.857 bits per heavy atom. The Balaban J connectivity index is 3.49. The van der Waals surface area contributed by atoms with Crippen molar-refractivity contribution in [2.75, 3.05) is 21.1 Å². The highest BCUT2D eigenvalue weighted by Crippen LogP contribution is 2.27. The second-order valence-corrected chi connectivity index (χ2v) is 3.83. The molecule has 0 saturated carbocycles. The van der Waals surface area contributed by atoms with Gasteiger partial charge < -0.3 is 0 Å². The molecule has 0 aliphatic carbocycles. The Morgan fingerprint density at radius 2 is 1.36 bits per heavy atom. The predicted molar refractivity (Wildman–Crippen MR) is 45.8 cm³/mol. The van der Waals surface area contributed by atoms with E-state index in [1.54, 1.807) is 0 Å². The SMILES string of the molecule is C[N+](C)(C)c1cc(F)c(F)c(F)c1F. The van der Waals surface area contributed by atoms with Crippen LogP contribution in [0, 0.1) is 23.3 Å². The van der Waals surface area contributed by atoms with Gasteiger partial charge in [-0.15, -0.1) is 0 Å². The van der Waals surface area contributed by atoms with Gasteiger partial charge in [-0.25, -0.2) is 13.2 Å². The second kappa shape index (κ2) is 3.24. The van der Waals surface area contributed by atoms with Crippen molar-refractivity contribution in [1.29, 1.82) is 0 Å². The van der Waals surface area contributed by atoms with Gasteiger partial charge in [0, 0.05) is 6.07 Å². The van der Waals surface area contributed by atoms with E-state index in [1.165, 1.54) is 21.1 Å². The summed E-state index contributed by atoms with van der Waals surface area (Å²) in [5.74, 6) is -6.28. The van der Waals surface area contributed by atoms with Crippen molar-refractivity contribution in [3.8, 4) is 0 Å². The Hall–Kier alpha value is -1.10. The number of rotatable bonds is 1. The summed E-state index contributed by atoms with van der Waals surface area (Å²) in [6, 6.07) is 0.660. The van der Waals surface area contributed by atoms with Gasteiger partial charge in [-0.1, -0.05) is 0 Å². The molecule has 0 fully saturated rings. The summed E-state index contributed by atoms with van der Waals surface area (Å²) >= 11 is 0. The van der Waals surface area contributed by atoms with E-state index in [0.717, 1.165) is 0 Å². The lowest BCUT2D eigenvalue weighted by Gasteiger charge is -2.23. The van der Waals surface area contributed by atoms with Crippen molar-refractivity contribution in [3.05, 3.63) is 29.3 Å². The molecule has 0 aromatic heterocycles. The Kier molecular flexibility index (Phi) is 2.54. The fourth-order valence-electron chi connectivity index (χ4n) is 1.05. The van der Waals surface area contributed by atoms with E-state index < -0.39 is 23.3 Å². The molecule has 0 amide bonds. The molecule has 78 valence electrons. The van der Waals surface area contributed by atoms with Crippen LogP contribution >= 0.6 is 0 Å². The zero-order valence-corrected chi connectivity index (χ0v) is 8.04. The van der Waals surface area contributed by atoms with E-state index >= 15 is 0 Å². The number of halogens is 4. The molecule has 14 heavy (non-hydrogen) atoms. The van der Waals surface area contributed by atoms with Crippen LogP contribution in [0.5, 0.6) is 0 Å². The predicted octanol–water partition coefficient (Wildman–Crippen LogP) is 2.44. The van der Waals surface area contributed by atoms with Crippen molar-refractivity contribution in [3.63, 3.8) is 0 Å². The van der Waals surface area contributed by atoms with Gasteiger partial charge in [0.15, 0.2) is 17.3 Å². The van der Waals surface area contributed by atoms with Crippen LogP contribution in [0.15, 0.2) is 6.07 Å². The van der Waals surface area contributed by atoms with Crippen LogP contribution < -0.4 is 4.48 Å². The highest BCUT2D eigenvalue weighted by molar-refractivity contribution is 5.44. The lowest BCUT2D eigenvalue weighted by molar-refractivity contribution is 0.384. The van der Waals surface area contributed by atoms with Gasteiger partial charge in [0.05, 0.1) is 21.1 Å². The molecule has 0 heterocycles. The van der Waals surface area contributed by atoms with Gasteiger partial charge in [-0.2, -0.15) is 4.39 Å². The van der Waals surface area contributed by atoms with Gasteiger partial charge in [-0.3, -0.25) is 4.48 Å². The van der Waals surface area contributed by atoms with Crippen LogP contribution in [0.4, 0.5) is 23.2 Å². The summed E-state index contributed by atoms with van der Waals surface area (Å²) in [4.78, 5) is 0. The van der Waals surface area contributed by atoms with Gasteiger partial charge in [0.1, 0.15) is 0 Å². The maximum absolute atomic E-state index is 13.1. The molecule has 0 radical (unpaired) electrons. The summed E-state index contributed by atoms with van der Waals surface area (Å²) < 4.78 is 51.1. The van der Waals surface area contributed by atoms with E-state index in [0.29, 0.717) is 6.07 Å². The van der Waals surface area contributed by atoms with Gasteiger partial charge in [0.25, 0.3) is 0 Å². The molecular weight excluding hydrogens is 198 g/mol. The molecule has 1 nitrogen and oxygen atoms in total. The maximum Gasteiger partial charge on any atom is 0.222 e. The van der Waals surface area contributed by atoms with Crippen LogP contribution in [0.25, 0.3) is 0 Å². The van der Waals surface area contributed by atoms with Gasteiger partial charge >= 0.3 is 0 Å². The Labute approximate surface area is 79.2 Å². The maximum atomic E-state index is 13.1. The highest BCUT2D eigenvalue weighted by atomic mass is 19.2. The zero-order valence-electron chi connectivity index (χ0n) is 8.04. The minimum absolute atomic E-state index is 0.125. The average Bonchev–Trinajstić information content (AvgIpc) is 2.06. The van der Waals surface area contributed by atoms with Crippen LogP contribution in [0.1, 0.15) is 0 Å². The minimum atomic E-state index is -1.78. The van der Waals surface area contributed by atoms with Gasteiger partial charge in [0.2, 0.25) is 11.6 Å². The van der Waals surface area contributed by atoms with E-state index in [-0.39, 0.29) is 10.2 Å². The summed E-state index contributed by atoms with van der Waals surface area (Å²) in [6.07, 6.45) is 0. The minimum Gasteiger partial charge on any atom is -0.296 e. The number of quaternary nitrogens is 1. The molecule has 0 aliphatic heterocycles. The number of nitrogens with zero attached hydrogens (tertiary/aromatic N) is 1. The largest absolute Gasteiger partial charge is 0.296 e. The number of benzene rings is 1. The topological polar surface area (TPSA) is 0 Å². The molecule has 1 aromatic carbocycles. The molecular formula is C9H10F4N+. The molecule has 0 saturated heterocycles. The third kappa shape index (κ3) is 1.72. The first kappa shape index (κ1) is 11.0. The fourth-order valence-corrected chi connectivity index (χ4v) is 1.05. The van der Waals surface area contributed by atoms with Crippen LogP contribution in [0.2, 0.25) is 0 Å². The first-order valence-corrected chi connectivity index (χ1v) is 3.90. The van der Waals surface area contributed by atoms with Crippen LogP contribution in [-0.2, 0) is 0 Å². The third-order valence-electron chi connectivity index (χ3n) is 1.81. The van der Waals surface area contributed by atoms with Crippen molar-refractivity contribution in [2.24, 2.45) is 0 Å². The van der Waals surface area contributed by atoms with Crippen LogP contribution in [-0.4, -0.2) is 21.1 Å². The summed E-state index contributed by atoms with van der Waals surface area (Å²) in [7, 11) is 4.57. The molecule has 0 aliphatic rings. The normalized spacial score (nSPS) is 11.9. The molecule has 1 aromatic rings. The highest BCUT2D eigenvalue weighted by Gasteiger charge is 2.26. The number of hydrogen-bond acceptors (Lipinski definition) is 0.